The third kappa shape index (κ3) is 5.68. The monoisotopic (exact) mass is 466 g/mol. The quantitative estimate of drug-likeness (QED) is 0.428. The Labute approximate surface area is 206 Å². The average molecular weight is 467 g/mol. The van der Waals surface area contributed by atoms with E-state index in [0.29, 0.717) is 18.0 Å². The number of rotatable bonds is 8. The number of fused-ring (bicyclic) bond motifs is 1. The summed E-state index contributed by atoms with van der Waals surface area (Å²) in [6.45, 7) is 3.56. The first-order chi connectivity index (χ1) is 17.1. The number of benzene rings is 2. The summed E-state index contributed by atoms with van der Waals surface area (Å²) in [5.74, 6) is 0.831. The zero-order chi connectivity index (χ0) is 24.6. The number of nitrogens with zero attached hydrogens (tertiary/aromatic N) is 3. The minimum absolute atomic E-state index is 0.0362. The fourth-order valence-electron chi connectivity index (χ4n) is 4.20. The van der Waals surface area contributed by atoms with Gasteiger partial charge in [0.2, 0.25) is 5.88 Å². The van der Waals surface area contributed by atoms with Gasteiger partial charge in [-0.3, -0.25) is 4.99 Å². The summed E-state index contributed by atoms with van der Waals surface area (Å²) in [4.78, 5) is 8.61. The summed E-state index contributed by atoms with van der Waals surface area (Å²) in [7, 11) is 1.71. The fraction of sp³-hybridized carbons (Fsp3) is 0.250. The maximum atomic E-state index is 9.06. The number of nitrogens with one attached hydrogen (secondary N) is 2. The van der Waals surface area contributed by atoms with Crippen molar-refractivity contribution in [3.8, 4) is 11.9 Å². The van der Waals surface area contributed by atoms with Gasteiger partial charge in [-0.25, -0.2) is 4.98 Å². The highest BCUT2D eigenvalue weighted by Crippen LogP contribution is 2.33. The number of hydrogen-bond acceptors (Lipinski definition) is 7. The molecule has 2 aromatic carbocycles. The molecule has 0 amide bonds. The van der Waals surface area contributed by atoms with E-state index in [9.17, 15) is 0 Å². The van der Waals surface area contributed by atoms with Gasteiger partial charge in [-0.15, -0.1) is 0 Å². The minimum atomic E-state index is -0.154. The second kappa shape index (κ2) is 11.3. The van der Waals surface area contributed by atoms with Crippen LogP contribution in [0.4, 0.5) is 5.69 Å². The molecule has 0 aliphatic carbocycles. The predicted octanol–water partition coefficient (Wildman–Crippen LogP) is 4.26. The highest BCUT2D eigenvalue weighted by atomic mass is 16.5. The molecule has 2 heterocycles. The molecule has 1 aromatic heterocycles. The van der Waals surface area contributed by atoms with Gasteiger partial charge in [0.1, 0.15) is 6.10 Å². The van der Waals surface area contributed by atoms with E-state index in [1.54, 1.807) is 19.5 Å². The van der Waals surface area contributed by atoms with E-state index in [2.05, 4.69) is 45.7 Å². The Bertz CT molecular complexity index is 1230. The molecule has 178 valence electrons. The van der Waals surface area contributed by atoms with E-state index in [4.69, 9.17) is 15.7 Å². The average Bonchev–Trinajstić information content (AvgIpc) is 2.92. The van der Waals surface area contributed by atoms with Crippen molar-refractivity contribution in [3.05, 3.63) is 95.3 Å². The molecule has 0 radical (unpaired) electrons. The first-order valence-corrected chi connectivity index (χ1v) is 11.7. The standard InChI is InChI=1S/C28H30N6O/c1-19(21-10-8-20(13-29)9-11-21)15-33-27(22-6-4-3-5-7-22)26-18-32-25-12-23(17-34-28(25)35-26)24(14-30)16-31-2/h3-12,14,16-17,19,26-27,32-33H,15,18,30H2,1-2H3/t19-,26+,27-/m1/s1. The lowest BCUT2D eigenvalue weighted by molar-refractivity contribution is 0.149. The summed E-state index contributed by atoms with van der Waals surface area (Å²) in [6.07, 6.45) is 4.83. The molecule has 4 N–H and O–H groups in total. The van der Waals surface area contributed by atoms with E-state index in [0.717, 1.165) is 28.9 Å². The Kier molecular flexibility index (Phi) is 7.76. The number of nitriles is 1. The molecular formula is C28H30N6O. The van der Waals surface area contributed by atoms with E-state index in [1.165, 1.54) is 11.8 Å². The molecule has 35 heavy (non-hydrogen) atoms. The minimum Gasteiger partial charge on any atom is -0.469 e. The second-order valence-electron chi connectivity index (χ2n) is 8.55. The van der Waals surface area contributed by atoms with Crippen molar-refractivity contribution in [1.29, 1.82) is 5.26 Å². The number of aromatic nitrogens is 1. The van der Waals surface area contributed by atoms with Gasteiger partial charge in [0, 0.05) is 43.3 Å². The summed E-state index contributed by atoms with van der Waals surface area (Å²) in [5.41, 5.74) is 11.3. The lowest BCUT2D eigenvalue weighted by Gasteiger charge is -2.34. The molecule has 0 spiro atoms. The van der Waals surface area contributed by atoms with Gasteiger partial charge in [0.15, 0.2) is 0 Å². The number of nitrogens with two attached hydrogens (primary N) is 1. The molecule has 0 unspecified atom stereocenters. The van der Waals surface area contributed by atoms with Gasteiger partial charge in [-0.05, 0) is 35.2 Å². The zero-order valence-corrected chi connectivity index (χ0v) is 20.0. The Morgan fingerprint density at radius 3 is 2.71 bits per heavy atom. The van der Waals surface area contributed by atoms with Crippen LogP contribution in [0.5, 0.6) is 5.88 Å². The Morgan fingerprint density at radius 2 is 2.03 bits per heavy atom. The SMILES string of the molecule is CN=CC(=CN)c1cnc2c(c1)NC[C@@H]([C@H](NC[C@@H](C)c1ccc(C#N)cc1)c1ccccc1)O2. The highest BCUT2D eigenvalue weighted by molar-refractivity contribution is 6.09. The maximum absolute atomic E-state index is 9.06. The highest BCUT2D eigenvalue weighted by Gasteiger charge is 2.30. The van der Waals surface area contributed by atoms with Crippen molar-refractivity contribution in [2.75, 3.05) is 25.5 Å². The smallest absolute Gasteiger partial charge is 0.237 e. The topological polar surface area (TPSA) is 108 Å². The molecule has 3 atom stereocenters. The van der Waals surface area contributed by atoms with Gasteiger partial charge >= 0.3 is 0 Å². The number of hydrogen-bond donors (Lipinski definition) is 3. The third-order valence-electron chi connectivity index (χ3n) is 6.17. The molecule has 0 saturated carbocycles. The van der Waals surface area contributed by atoms with Gasteiger partial charge in [-0.2, -0.15) is 5.26 Å². The fourth-order valence-corrected chi connectivity index (χ4v) is 4.20. The van der Waals surface area contributed by atoms with Crippen LogP contribution in [0.15, 0.2) is 78.1 Å². The Morgan fingerprint density at radius 1 is 1.26 bits per heavy atom. The van der Waals surface area contributed by atoms with E-state index < -0.39 is 0 Å². The summed E-state index contributed by atoms with van der Waals surface area (Å²) in [5, 5.41) is 16.3. The normalized spacial score (nSPS) is 17.1. The van der Waals surface area contributed by atoms with Crippen LogP contribution < -0.4 is 21.1 Å². The van der Waals surface area contributed by atoms with Crippen molar-refractivity contribution in [1.82, 2.24) is 10.3 Å². The summed E-state index contributed by atoms with van der Waals surface area (Å²) in [6, 6.07) is 22.2. The van der Waals surface area contributed by atoms with Crippen molar-refractivity contribution >= 4 is 17.5 Å². The molecule has 4 rings (SSSR count). The zero-order valence-electron chi connectivity index (χ0n) is 20.0. The largest absolute Gasteiger partial charge is 0.469 e. The number of pyridine rings is 1. The van der Waals surface area contributed by atoms with E-state index in [1.807, 2.05) is 48.5 Å². The summed E-state index contributed by atoms with van der Waals surface area (Å²) >= 11 is 0. The lowest BCUT2D eigenvalue weighted by atomic mass is 9.96. The molecule has 1 aliphatic rings. The molecule has 1 aliphatic heterocycles. The molecule has 3 aromatic rings. The predicted molar refractivity (Wildman–Crippen MR) is 140 cm³/mol. The number of anilines is 1. The second-order valence-corrected chi connectivity index (χ2v) is 8.55. The third-order valence-corrected chi connectivity index (χ3v) is 6.17. The Balaban J connectivity index is 1.51. The van der Waals surface area contributed by atoms with Crippen molar-refractivity contribution in [2.45, 2.75) is 25.0 Å². The van der Waals surface area contributed by atoms with Crippen LogP contribution in [-0.2, 0) is 0 Å². The van der Waals surface area contributed by atoms with Gasteiger partial charge < -0.3 is 21.1 Å². The maximum Gasteiger partial charge on any atom is 0.237 e. The van der Waals surface area contributed by atoms with Crippen LogP contribution >= 0.6 is 0 Å². The van der Waals surface area contributed by atoms with E-state index in [-0.39, 0.29) is 18.1 Å². The molecule has 7 heteroatoms. The first-order valence-electron chi connectivity index (χ1n) is 11.7. The van der Waals surface area contributed by atoms with Crippen LogP contribution in [0.1, 0.15) is 41.1 Å². The van der Waals surface area contributed by atoms with Crippen LogP contribution in [0, 0.1) is 11.3 Å². The summed E-state index contributed by atoms with van der Waals surface area (Å²) < 4.78 is 6.39. The van der Waals surface area contributed by atoms with Crippen LogP contribution in [0.3, 0.4) is 0 Å². The molecule has 0 bridgehead atoms. The van der Waals surface area contributed by atoms with Crippen molar-refractivity contribution < 1.29 is 4.74 Å². The van der Waals surface area contributed by atoms with Gasteiger partial charge in [0.05, 0.1) is 29.9 Å². The van der Waals surface area contributed by atoms with Crippen molar-refractivity contribution in [2.24, 2.45) is 10.7 Å². The number of allylic oxidation sites excluding steroid dienone is 1. The first kappa shape index (κ1) is 24.0. The molecular weight excluding hydrogens is 436 g/mol. The van der Waals surface area contributed by atoms with Gasteiger partial charge in [-0.1, -0.05) is 49.4 Å². The number of ether oxygens (including phenoxy) is 1. The molecule has 0 fully saturated rings. The van der Waals surface area contributed by atoms with Crippen molar-refractivity contribution in [3.63, 3.8) is 0 Å². The lowest BCUT2D eigenvalue weighted by Crippen LogP contribution is -2.43. The molecule has 7 nitrogen and oxygen atoms in total. The van der Waals surface area contributed by atoms with E-state index >= 15 is 0 Å². The van der Waals surface area contributed by atoms with Gasteiger partial charge in [0.25, 0.3) is 0 Å². The van der Waals surface area contributed by atoms with Crippen LogP contribution in [-0.4, -0.2) is 37.4 Å². The molecule has 0 saturated heterocycles. The Hall–Kier alpha value is -4.15. The van der Waals surface area contributed by atoms with Crippen LogP contribution in [0.2, 0.25) is 0 Å². The number of aliphatic imine (C=N–C) groups is 1. The van der Waals surface area contributed by atoms with Crippen LogP contribution in [0.25, 0.3) is 5.57 Å².